The van der Waals surface area contributed by atoms with Crippen LogP contribution >= 0.6 is 11.6 Å². The van der Waals surface area contributed by atoms with E-state index in [1.807, 2.05) is 6.07 Å². The second-order valence-electron chi connectivity index (χ2n) is 6.00. The Hall–Kier alpha value is -1.98. The third kappa shape index (κ3) is 3.42. The van der Waals surface area contributed by atoms with Crippen LogP contribution < -0.4 is 0 Å². The number of carbonyl (C=O) groups is 1. The third-order valence-electron chi connectivity index (χ3n) is 4.47. The Balaban J connectivity index is 1.65. The third-order valence-corrected chi connectivity index (χ3v) is 4.83. The first-order valence-corrected chi connectivity index (χ1v) is 8.22. The van der Waals surface area contributed by atoms with Crippen molar-refractivity contribution >= 4 is 17.5 Å². The molecule has 3 rings (SSSR count). The summed E-state index contributed by atoms with van der Waals surface area (Å²) in [6.45, 7) is 0.802. The van der Waals surface area contributed by atoms with Crippen molar-refractivity contribution in [1.29, 1.82) is 0 Å². The van der Waals surface area contributed by atoms with Crippen LogP contribution in [0, 0.1) is 5.82 Å². The van der Waals surface area contributed by atoms with E-state index in [4.69, 9.17) is 11.6 Å². The molecular formula is C18H18ClFN2O2. The molecule has 0 spiro atoms. The molecule has 1 aliphatic heterocycles. The number of halogens is 2. The zero-order chi connectivity index (χ0) is 17.2. The van der Waals surface area contributed by atoms with Crippen molar-refractivity contribution in [3.8, 4) is 0 Å². The maximum atomic E-state index is 13.8. The van der Waals surface area contributed by atoms with Gasteiger partial charge < -0.3 is 10.0 Å². The quantitative estimate of drug-likeness (QED) is 0.928. The van der Waals surface area contributed by atoms with Crippen LogP contribution in [0.1, 0.15) is 24.1 Å². The van der Waals surface area contributed by atoms with E-state index in [1.165, 1.54) is 12.1 Å². The Bertz CT molecular complexity index is 711. The van der Waals surface area contributed by atoms with Gasteiger partial charge in [0, 0.05) is 29.9 Å². The van der Waals surface area contributed by atoms with Crippen LogP contribution in [0.5, 0.6) is 0 Å². The van der Waals surface area contributed by atoms with Crippen LogP contribution in [0.3, 0.4) is 0 Å². The van der Waals surface area contributed by atoms with Gasteiger partial charge in [0.05, 0.1) is 12.1 Å². The molecule has 126 valence electrons. The molecule has 2 heterocycles. The lowest BCUT2D eigenvalue weighted by Crippen LogP contribution is -2.46. The topological polar surface area (TPSA) is 53.4 Å². The number of hydrogen-bond donors (Lipinski definition) is 1. The zero-order valence-electron chi connectivity index (χ0n) is 13.1. The second-order valence-corrected chi connectivity index (χ2v) is 6.41. The van der Waals surface area contributed by atoms with Gasteiger partial charge in [-0.1, -0.05) is 23.7 Å². The molecule has 0 radical (unpaired) electrons. The summed E-state index contributed by atoms with van der Waals surface area (Å²) in [4.78, 5) is 18.3. The number of pyridine rings is 1. The minimum Gasteiger partial charge on any atom is -0.383 e. The molecule has 24 heavy (non-hydrogen) atoms. The van der Waals surface area contributed by atoms with Crippen LogP contribution in [0.4, 0.5) is 4.39 Å². The van der Waals surface area contributed by atoms with Crippen molar-refractivity contribution in [3.05, 3.63) is 64.7 Å². The van der Waals surface area contributed by atoms with Gasteiger partial charge >= 0.3 is 0 Å². The molecule has 1 saturated heterocycles. The minimum absolute atomic E-state index is 0.0759. The predicted octanol–water partition coefficient (Wildman–Crippen LogP) is 2.93. The number of nitrogens with zero attached hydrogens (tertiary/aromatic N) is 2. The van der Waals surface area contributed by atoms with Gasteiger partial charge in [0.2, 0.25) is 5.91 Å². The predicted molar refractivity (Wildman–Crippen MR) is 89.1 cm³/mol. The van der Waals surface area contributed by atoms with Gasteiger partial charge in [0.25, 0.3) is 0 Å². The first-order chi connectivity index (χ1) is 11.5. The smallest absolute Gasteiger partial charge is 0.227 e. The Morgan fingerprint density at radius 2 is 2.00 bits per heavy atom. The number of aliphatic hydroxyl groups is 1. The van der Waals surface area contributed by atoms with E-state index in [0.717, 1.165) is 0 Å². The van der Waals surface area contributed by atoms with Crippen molar-refractivity contribution in [1.82, 2.24) is 9.88 Å². The molecule has 0 unspecified atom stereocenters. The summed E-state index contributed by atoms with van der Waals surface area (Å²) in [5.74, 6) is -0.664. The maximum absolute atomic E-state index is 13.8. The van der Waals surface area contributed by atoms with Crippen molar-refractivity contribution in [2.75, 3.05) is 13.1 Å². The van der Waals surface area contributed by atoms with E-state index < -0.39 is 11.4 Å². The average Bonchev–Trinajstić information content (AvgIpc) is 2.59. The van der Waals surface area contributed by atoms with E-state index in [9.17, 15) is 14.3 Å². The molecule has 1 aliphatic rings. The van der Waals surface area contributed by atoms with Crippen LogP contribution in [-0.2, 0) is 16.8 Å². The number of likely N-dealkylation sites (tertiary alicyclic amines) is 1. The van der Waals surface area contributed by atoms with Crippen molar-refractivity contribution < 1.29 is 14.3 Å². The van der Waals surface area contributed by atoms with Gasteiger partial charge in [-0.15, -0.1) is 0 Å². The number of rotatable bonds is 3. The van der Waals surface area contributed by atoms with E-state index in [-0.39, 0.29) is 22.9 Å². The summed E-state index contributed by atoms with van der Waals surface area (Å²) >= 11 is 5.98. The number of hydrogen-bond acceptors (Lipinski definition) is 3. The van der Waals surface area contributed by atoms with Crippen LogP contribution in [0.2, 0.25) is 5.02 Å². The summed E-state index contributed by atoms with van der Waals surface area (Å²) in [6, 6.07) is 9.80. The van der Waals surface area contributed by atoms with Crippen LogP contribution in [0.15, 0.2) is 42.6 Å². The molecule has 0 bridgehead atoms. The highest BCUT2D eigenvalue weighted by molar-refractivity contribution is 6.31. The lowest BCUT2D eigenvalue weighted by Gasteiger charge is -2.37. The largest absolute Gasteiger partial charge is 0.383 e. The van der Waals surface area contributed by atoms with Crippen molar-refractivity contribution in [2.45, 2.75) is 24.9 Å². The molecule has 1 fully saturated rings. The van der Waals surface area contributed by atoms with E-state index >= 15 is 0 Å². The summed E-state index contributed by atoms with van der Waals surface area (Å²) in [5.41, 5.74) is -0.183. The number of aromatic nitrogens is 1. The molecule has 0 atom stereocenters. The van der Waals surface area contributed by atoms with Gasteiger partial charge in [0.1, 0.15) is 11.4 Å². The fourth-order valence-electron chi connectivity index (χ4n) is 2.98. The van der Waals surface area contributed by atoms with Crippen molar-refractivity contribution in [2.24, 2.45) is 0 Å². The molecule has 0 saturated carbocycles. The highest BCUT2D eigenvalue weighted by Crippen LogP contribution is 2.31. The summed E-state index contributed by atoms with van der Waals surface area (Å²) in [6.07, 6.45) is 2.38. The monoisotopic (exact) mass is 348 g/mol. The summed E-state index contributed by atoms with van der Waals surface area (Å²) < 4.78 is 13.8. The Morgan fingerprint density at radius 1 is 1.25 bits per heavy atom. The number of carbonyl (C=O) groups excluding carboxylic acids is 1. The molecule has 2 aromatic rings. The van der Waals surface area contributed by atoms with E-state index in [0.29, 0.717) is 31.6 Å². The van der Waals surface area contributed by atoms with Gasteiger partial charge in [0.15, 0.2) is 0 Å². The molecule has 1 N–H and O–H groups in total. The molecule has 1 aromatic heterocycles. The average molecular weight is 349 g/mol. The lowest BCUT2D eigenvalue weighted by molar-refractivity contribution is -0.135. The lowest BCUT2D eigenvalue weighted by atomic mass is 9.87. The maximum Gasteiger partial charge on any atom is 0.227 e. The highest BCUT2D eigenvalue weighted by Gasteiger charge is 2.36. The molecule has 4 nitrogen and oxygen atoms in total. The fourth-order valence-corrected chi connectivity index (χ4v) is 3.21. The molecule has 6 heteroatoms. The first-order valence-electron chi connectivity index (χ1n) is 7.84. The van der Waals surface area contributed by atoms with Gasteiger partial charge in [-0.25, -0.2) is 4.39 Å². The highest BCUT2D eigenvalue weighted by atomic mass is 35.5. The Morgan fingerprint density at radius 3 is 2.62 bits per heavy atom. The Labute approximate surface area is 144 Å². The number of benzene rings is 1. The second kappa shape index (κ2) is 6.87. The molecule has 0 aliphatic carbocycles. The fraction of sp³-hybridized carbons (Fsp3) is 0.333. The van der Waals surface area contributed by atoms with Crippen LogP contribution in [0.25, 0.3) is 0 Å². The van der Waals surface area contributed by atoms with Gasteiger partial charge in [-0.3, -0.25) is 9.78 Å². The standard InChI is InChI=1S/C18H18ClFN2O2/c19-14-4-3-5-15(20)13(14)12-17(23)22-10-7-18(24,8-11-22)16-6-1-2-9-21-16/h1-6,9,24H,7-8,10-12H2. The normalized spacial score (nSPS) is 16.9. The summed E-state index contributed by atoms with van der Waals surface area (Å²) in [7, 11) is 0. The summed E-state index contributed by atoms with van der Waals surface area (Å²) in [5, 5.41) is 11.0. The van der Waals surface area contributed by atoms with E-state index in [1.54, 1.807) is 29.3 Å². The van der Waals surface area contributed by atoms with Crippen molar-refractivity contribution in [3.63, 3.8) is 0 Å². The number of amides is 1. The SMILES string of the molecule is O=C(Cc1c(F)cccc1Cl)N1CCC(O)(c2ccccn2)CC1. The zero-order valence-corrected chi connectivity index (χ0v) is 13.8. The van der Waals surface area contributed by atoms with E-state index in [2.05, 4.69) is 4.98 Å². The molecular weight excluding hydrogens is 331 g/mol. The molecule has 1 aromatic carbocycles. The minimum atomic E-state index is -1.02. The van der Waals surface area contributed by atoms with Gasteiger partial charge in [-0.2, -0.15) is 0 Å². The first kappa shape index (κ1) is 16.9. The molecule has 1 amide bonds. The van der Waals surface area contributed by atoms with Crippen LogP contribution in [-0.4, -0.2) is 34.0 Å². The Kier molecular flexibility index (Phi) is 4.83. The van der Waals surface area contributed by atoms with Gasteiger partial charge in [-0.05, 0) is 37.1 Å². The number of piperidine rings is 1.